The molecule has 158 valence electrons. The molecule has 2 aromatic carbocycles. The van der Waals surface area contributed by atoms with Crippen LogP contribution in [0.15, 0.2) is 69.9 Å². The minimum atomic E-state index is -0.208. The van der Waals surface area contributed by atoms with Crippen LogP contribution in [0, 0.1) is 0 Å². The summed E-state index contributed by atoms with van der Waals surface area (Å²) in [6.45, 7) is 0.328. The van der Waals surface area contributed by atoms with Gasteiger partial charge in [0.2, 0.25) is 5.91 Å². The number of nitrogens with one attached hydrogen (secondary N) is 1. The molecule has 6 nitrogen and oxygen atoms in total. The Morgan fingerprint density at radius 2 is 2.06 bits per heavy atom. The number of anilines is 1. The highest BCUT2D eigenvalue weighted by atomic mass is 35.5. The number of nitrogens with zero attached hydrogens (tertiary/aromatic N) is 2. The fourth-order valence-electron chi connectivity index (χ4n) is 3.02. The van der Waals surface area contributed by atoms with Crippen molar-refractivity contribution in [3.8, 4) is 5.75 Å². The van der Waals surface area contributed by atoms with Gasteiger partial charge in [-0.15, -0.1) is 11.3 Å². The molecule has 0 aliphatic rings. The van der Waals surface area contributed by atoms with E-state index in [1.165, 1.54) is 23.1 Å². The molecule has 0 unspecified atom stereocenters. The van der Waals surface area contributed by atoms with Gasteiger partial charge in [0.25, 0.3) is 5.56 Å². The van der Waals surface area contributed by atoms with Crippen LogP contribution in [-0.4, -0.2) is 28.3 Å². The zero-order valence-corrected chi connectivity index (χ0v) is 18.9. The van der Waals surface area contributed by atoms with Gasteiger partial charge in [-0.25, -0.2) is 4.98 Å². The molecule has 0 aliphatic heterocycles. The van der Waals surface area contributed by atoms with E-state index in [4.69, 9.17) is 16.3 Å². The number of thiophene rings is 1. The summed E-state index contributed by atoms with van der Waals surface area (Å²) in [6, 6.07) is 16.3. The smallest absolute Gasteiger partial charge is 0.272 e. The SMILES string of the molecule is COc1cccc(Cn2c(SCC(=O)Nc3cccc(Cl)c3)nc3ccsc3c2=O)c1. The molecule has 1 amide bonds. The van der Waals surface area contributed by atoms with Crippen LogP contribution in [0.1, 0.15) is 5.56 Å². The third-order valence-corrected chi connectivity index (χ3v) is 6.55. The highest BCUT2D eigenvalue weighted by molar-refractivity contribution is 7.99. The van der Waals surface area contributed by atoms with Crippen LogP contribution in [0.3, 0.4) is 0 Å². The number of rotatable bonds is 7. The standard InChI is InChI=1S/C22H18ClN3O3S2/c1-29-17-7-2-4-14(10-17)12-26-21(28)20-18(8-9-30-20)25-22(26)31-13-19(27)24-16-6-3-5-15(23)11-16/h2-11H,12-13H2,1H3,(H,24,27). The zero-order chi connectivity index (χ0) is 21.8. The van der Waals surface area contributed by atoms with Crippen LogP contribution in [-0.2, 0) is 11.3 Å². The molecule has 2 aromatic heterocycles. The summed E-state index contributed by atoms with van der Waals surface area (Å²) in [4.78, 5) is 30.2. The van der Waals surface area contributed by atoms with Crippen molar-refractivity contribution < 1.29 is 9.53 Å². The molecule has 4 aromatic rings. The van der Waals surface area contributed by atoms with Crippen LogP contribution in [0.5, 0.6) is 5.75 Å². The normalized spacial score (nSPS) is 10.9. The van der Waals surface area contributed by atoms with Gasteiger partial charge >= 0.3 is 0 Å². The number of aromatic nitrogens is 2. The van der Waals surface area contributed by atoms with E-state index in [2.05, 4.69) is 10.3 Å². The summed E-state index contributed by atoms with van der Waals surface area (Å²) in [6.07, 6.45) is 0. The molecule has 4 rings (SSSR count). The Labute approximate surface area is 191 Å². The lowest BCUT2D eigenvalue weighted by molar-refractivity contribution is -0.113. The van der Waals surface area contributed by atoms with Gasteiger partial charge in [0, 0.05) is 10.7 Å². The number of carbonyl (C=O) groups excluding carboxylic acids is 1. The van der Waals surface area contributed by atoms with Gasteiger partial charge in [0.15, 0.2) is 5.16 Å². The highest BCUT2D eigenvalue weighted by Crippen LogP contribution is 2.23. The quantitative estimate of drug-likeness (QED) is 0.306. The molecule has 0 aliphatic carbocycles. The van der Waals surface area contributed by atoms with Gasteiger partial charge in [-0.3, -0.25) is 14.2 Å². The molecular weight excluding hydrogens is 454 g/mol. The molecular formula is C22H18ClN3O3S2. The lowest BCUT2D eigenvalue weighted by Gasteiger charge is -2.13. The third kappa shape index (κ3) is 5.10. The van der Waals surface area contributed by atoms with Crippen molar-refractivity contribution in [2.24, 2.45) is 0 Å². The first-order valence-electron chi connectivity index (χ1n) is 9.32. The Kier molecular flexibility index (Phi) is 6.60. The Bertz CT molecular complexity index is 1300. The minimum Gasteiger partial charge on any atom is -0.497 e. The molecule has 0 bridgehead atoms. The maximum atomic E-state index is 13.1. The first-order chi connectivity index (χ1) is 15.0. The molecule has 1 N–H and O–H groups in total. The van der Waals surface area contributed by atoms with Crippen LogP contribution in [0.25, 0.3) is 10.2 Å². The number of hydrogen-bond donors (Lipinski definition) is 1. The maximum absolute atomic E-state index is 13.1. The summed E-state index contributed by atoms with van der Waals surface area (Å²) < 4.78 is 7.48. The lowest BCUT2D eigenvalue weighted by Crippen LogP contribution is -2.24. The molecule has 2 heterocycles. The number of fused-ring (bicyclic) bond motifs is 1. The second-order valence-corrected chi connectivity index (χ2v) is 8.91. The Balaban J connectivity index is 1.59. The fourth-order valence-corrected chi connectivity index (χ4v) is 4.79. The number of hydrogen-bond acceptors (Lipinski definition) is 6. The predicted octanol–water partition coefficient (Wildman–Crippen LogP) is 4.90. The highest BCUT2D eigenvalue weighted by Gasteiger charge is 2.15. The third-order valence-electron chi connectivity index (χ3n) is 4.45. The first kappa shape index (κ1) is 21.4. The van der Waals surface area contributed by atoms with Crippen molar-refractivity contribution in [3.05, 3.63) is 80.9 Å². The topological polar surface area (TPSA) is 73.2 Å². The van der Waals surface area contributed by atoms with Crippen molar-refractivity contribution in [1.29, 1.82) is 0 Å². The van der Waals surface area contributed by atoms with Crippen molar-refractivity contribution in [2.75, 3.05) is 18.2 Å². The average Bonchev–Trinajstić information content (AvgIpc) is 3.23. The minimum absolute atomic E-state index is 0.104. The molecule has 0 spiro atoms. The summed E-state index contributed by atoms with van der Waals surface area (Å²) >= 11 is 8.55. The van der Waals surface area contributed by atoms with E-state index in [0.717, 1.165) is 5.56 Å². The molecule has 31 heavy (non-hydrogen) atoms. The first-order valence-corrected chi connectivity index (χ1v) is 11.6. The van der Waals surface area contributed by atoms with Gasteiger partial charge in [-0.1, -0.05) is 41.6 Å². The number of halogens is 1. The molecule has 9 heteroatoms. The lowest BCUT2D eigenvalue weighted by atomic mass is 10.2. The van der Waals surface area contributed by atoms with E-state index < -0.39 is 0 Å². The van der Waals surface area contributed by atoms with Gasteiger partial charge in [0.05, 0.1) is 24.9 Å². The summed E-state index contributed by atoms with van der Waals surface area (Å²) in [5, 5.41) is 5.68. The summed E-state index contributed by atoms with van der Waals surface area (Å²) in [5.74, 6) is 0.609. The van der Waals surface area contributed by atoms with Gasteiger partial charge < -0.3 is 10.1 Å². The predicted molar refractivity (Wildman–Crippen MR) is 127 cm³/mol. The van der Waals surface area contributed by atoms with E-state index in [1.807, 2.05) is 35.7 Å². The van der Waals surface area contributed by atoms with Crippen LogP contribution < -0.4 is 15.6 Å². The molecule has 0 saturated carbocycles. The van der Waals surface area contributed by atoms with E-state index in [0.29, 0.717) is 38.4 Å². The fraction of sp³-hybridized carbons (Fsp3) is 0.136. The van der Waals surface area contributed by atoms with Crippen LogP contribution in [0.2, 0.25) is 5.02 Å². The molecule has 0 saturated heterocycles. The van der Waals surface area contributed by atoms with E-state index in [9.17, 15) is 9.59 Å². The van der Waals surface area contributed by atoms with Crippen molar-refractivity contribution >= 4 is 56.5 Å². The van der Waals surface area contributed by atoms with Crippen LogP contribution >= 0.6 is 34.7 Å². The Hall–Kier alpha value is -2.81. The second kappa shape index (κ2) is 9.55. The summed E-state index contributed by atoms with van der Waals surface area (Å²) in [7, 11) is 1.60. The van der Waals surface area contributed by atoms with Gasteiger partial charge in [-0.2, -0.15) is 0 Å². The molecule has 0 fully saturated rings. The van der Waals surface area contributed by atoms with Crippen molar-refractivity contribution in [2.45, 2.75) is 11.7 Å². The summed E-state index contributed by atoms with van der Waals surface area (Å²) in [5.41, 5.74) is 2.03. The monoisotopic (exact) mass is 471 g/mol. The Morgan fingerprint density at radius 1 is 1.23 bits per heavy atom. The zero-order valence-electron chi connectivity index (χ0n) is 16.5. The van der Waals surface area contributed by atoms with Crippen molar-refractivity contribution in [1.82, 2.24) is 9.55 Å². The number of ether oxygens (including phenoxy) is 1. The largest absolute Gasteiger partial charge is 0.497 e. The number of methoxy groups -OCH3 is 1. The Morgan fingerprint density at radius 3 is 2.87 bits per heavy atom. The number of benzene rings is 2. The van der Waals surface area contributed by atoms with Gasteiger partial charge in [-0.05, 0) is 47.3 Å². The van der Waals surface area contributed by atoms with Crippen molar-refractivity contribution in [3.63, 3.8) is 0 Å². The number of carbonyl (C=O) groups is 1. The van der Waals surface area contributed by atoms with E-state index in [-0.39, 0.29) is 17.2 Å². The number of amides is 1. The van der Waals surface area contributed by atoms with E-state index in [1.54, 1.807) is 35.9 Å². The maximum Gasteiger partial charge on any atom is 0.272 e. The van der Waals surface area contributed by atoms with E-state index >= 15 is 0 Å². The number of thioether (sulfide) groups is 1. The van der Waals surface area contributed by atoms with Crippen LogP contribution in [0.4, 0.5) is 5.69 Å². The average molecular weight is 472 g/mol. The second-order valence-electron chi connectivity index (χ2n) is 6.62. The van der Waals surface area contributed by atoms with Gasteiger partial charge in [0.1, 0.15) is 10.4 Å². The molecule has 0 radical (unpaired) electrons. The molecule has 0 atom stereocenters.